The number of hydrogen-bond donors (Lipinski definition) is 1. The van der Waals surface area contributed by atoms with Crippen molar-refractivity contribution in [2.24, 2.45) is 0 Å². The maximum absolute atomic E-state index is 3.86. The molecule has 0 aromatic carbocycles. The largest absolute Gasteiger partial charge is 0.147 e. The smallest absolute Gasteiger partial charge is 0.147 e. The van der Waals surface area contributed by atoms with E-state index in [0.717, 1.165) is 0 Å². The van der Waals surface area contributed by atoms with E-state index < -0.39 is 17.4 Å². The van der Waals surface area contributed by atoms with Crippen LogP contribution in [-0.2, 0) is 17.4 Å². The molecule has 0 heterocycles. The second kappa shape index (κ2) is 8.19. The molecular weight excluding hydrogens is 305 g/mol. The summed E-state index contributed by atoms with van der Waals surface area (Å²) in [5, 5.41) is 0. The van der Waals surface area contributed by atoms with Gasteiger partial charge in [-0.3, -0.25) is 0 Å². The molecule has 0 saturated carbocycles. The molecule has 1 rings (SSSR count). The average molecular weight is 331 g/mol. The third-order valence-electron chi connectivity index (χ3n) is 2.78. The summed E-state index contributed by atoms with van der Waals surface area (Å²) in [4.78, 5) is 0. The van der Waals surface area contributed by atoms with Gasteiger partial charge in [-0.2, -0.15) is 0 Å². The van der Waals surface area contributed by atoms with Crippen LogP contribution in [0.2, 0.25) is 0 Å². The molecule has 0 spiro atoms. The fourth-order valence-electron chi connectivity index (χ4n) is 2.07. The summed E-state index contributed by atoms with van der Waals surface area (Å²) in [5.41, 5.74) is 3.52. The fourth-order valence-corrected chi connectivity index (χ4v) is 9.93. The Kier molecular flexibility index (Phi) is 9.76. The molecule has 0 bridgehead atoms. The number of nitrogens with one attached hydrogen (secondary N) is 1. The van der Waals surface area contributed by atoms with Gasteiger partial charge in [0.1, 0.15) is 0 Å². The van der Waals surface area contributed by atoms with Crippen molar-refractivity contribution in [1.29, 1.82) is 0 Å². The maximum atomic E-state index is 3.86. The third-order valence-corrected chi connectivity index (χ3v) is 10.2. The first-order valence-electron chi connectivity index (χ1n) is 5.85. The molecular formula is C12H26Cl2NSiTi. The molecule has 0 fully saturated rings. The van der Waals surface area contributed by atoms with Crippen LogP contribution in [0.3, 0.4) is 0 Å². The molecule has 1 aliphatic rings. The second-order valence-corrected chi connectivity index (χ2v) is 13.0. The van der Waals surface area contributed by atoms with Crippen molar-refractivity contribution in [3.05, 3.63) is 21.1 Å². The van der Waals surface area contributed by atoms with Crippen molar-refractivity contribution >= 4 is 32.9 Å². The van der Waals surface area contributed by atoms with Crippen LogP contribution < -0.4 is 3.80 Å². The van der Waals surface area contributed by atoms with Gasteiger partial charge in [0.15, 0.2) is 0 Å². The SMILES string of the molecule is CCC1=C(C)C[C]([Ti]([SiH3])[NH]C(C)(C)C)=C1.Cl.Cl. The Morgan fingerprint density at radius 2 is 1.88 bits per heavy atom. The molecule has 1 N–H and O–H groups in total. The predicted molar refractivity (Wildman–Crippen MR) is 83.0 cm³/mol. The zero-order valence-corrected chi connectivity index (χ0v) is 17.0. The standard InChI is InChI=1S/C8H11.C4H10N.2ClH.H3Si.Ti/c1-3-8-6-4-5-7(8)2;1-4(2,3)5;;;;/h6H,3,5H2,1-2H3;5H,1-3H3;2*1H;1H3;/q;-1;;;;+1. The minimum absolute atomic E-state index is 0. The normalized spacial score (nSPS) is 15.2. The Morgan fingerprint density at radius 3 is 2.24 bits per heavy atom. The van der Waals surface area contributed by atoms with E-state index >= 15 is 0 Å². The van der Waals surface area contributed by atoms with E-state index in [1.54, 1.807) is 15.0 Å². The summed E-state index contributed by atoms with van der Waals surface area (Å²) in [5.74, 6) is 0. The molecule has 0 aromatic rings. The second-order valence-electron chi connectivity index (χ2n) is 5.51. The first-order chi connectivity index (χ1) is 6.83. The van der Waals surface area contributed by atoms with Gasteiger partial charge in [-0.1, -0.05) is 0 Å². The van der Waals surface area contributed by atoms with Crippen molar-refractivity contribution in [2.45, 2.75) is 53.0 Å². The summed E-state index contributed by atoms with van der Waals surface area (Å²) in [6.45, 7) is 11.4. The number of rotatable bonds is 3. The van der Waals surface area contributed by atoms with Gasteiger partial charge in [-0.05, 0) is 0 Å². The molecule has 1 aliphatic carbocycles. The van der Waals surface area contributed by atoms with Crippen LogP contribution in [0.1, 0.15) is 47.5 Å². The Balaban J connectivity index is 0. The van der Waals surface area contributed by atoms with Crippen LogP contribution in [0.25, 0.3) is 0 Å². The molecule has 5 heteroatoms. The number of halogens is 2. The average Bonchev–Trinajstić information content (AvgIpc) is 2.43. The zero-order chi connectivity index (χ0) is 11.6. The Bertz CT molecular complexity index is 308. The quantitative estimate of drug-likeness (QED) is 0.784. The van der Waals surface area contributed by atoms with E-state index in [9.17, 15) is 0 Å². The van der Waals surface area contributed by atoms with Gasteiger partial charge >= 0.3 is 103 Å². The van der Waals surface area contributed by atoms with Crippen LogP contribution in [0.4, 0.5) is 0 Å². The van der Waals surface area contributed by atoms with Crippen LogP contribution in [-0.4, -0.2) is 13.6 Å². The maximum Gasteiger partial charge on any atom is -0.147 e. The first kappa shape index (κ1) is 20.3. The van der Waals surface area contributed by atoms with E-state index in [1.165, 1.54) is 21.0 Å². The van der Waals surface area contributed by atoms with Crippen LogP contribution in [0.5, 0.6) is 0 Å². The van der Waals surface area contributed by atoms with Crippen molar-refractivity contribution in [1.82, 2.24) is 3.80 Å². The Hall–Kier alpha value is 0.951. The molecule has 1 nitrogen and oxygen atoms in total. The molecule has 0 radical (unpaired) electrons. The Labute approximate surface area is 127 Å². The molecule has 101 valence electrons. The van der Waals surface area contributed by atoms with Crippen LogP contribution in [0.15, 0.2) is 21.1 Å². The number of allylic oxidation sites excluding steroid dienone is 4. The van der Waals surface area contributed by atoms with Gasteiger partial charge < -0.3 is 0 Å². The minimum atomic E-state index is -1.04. The Morgan fingerprint density at radius 1 is 1.35 bits per heavy atom. The summed E-state index contributed by atoms with van der Waals surface area (Å²) in [6.07, 6.45) is 4.97. The van der Waals surface area contributed by atoms with Crippen molar-refractivity contribution in [2.75, 3.05) is 0 Å². The molecule has 0 atom stereocenters. The predicted octanol–water partition coefficient (Wildman–Crippen LogP) is 3.05. The monoisotopic (exact) mass is 330 g/mol. The summed E-state index contributed by atoms with van der Waals surface area (Å²) >= 11 is -1.04. The van der Waals surface area contributed by atoms with E-state index in [0.29, 0.717) is 5.54 Å². The minimum Gasteiger partial charge on any atom is -0.147 e. The van der Waals surface area contributed by atoms with E-state index in [-0.39, 0.29) is 24.8 Å². The molecule has 0 aromatic heterocycles. The van der Waals surface area contributed by atoms with Gasteiger partial charge in [0.2, 0.25) is 0 Å². The van der Waals surface area contributed by atoms with Gasteiger partial charge in [-0.15, -0.1) is 24.8 Å². The molecule has 0 aliphatic heterocycles. The van der Waals surface area contributed by atoms with Crippen LogP contribution >= 0.6 is 24.8 Å². The van der Waals surface area contributed by atoms with Crippen molar-refractivity contribution < 1.29 is 17.4 Å². The summed E-state index contributed by atoms with van der Waals surface area (Å²) < 4.78 is 5.63. The summed E-state index contributed by atoms with van der Waals surface area (Å²) in [7, 11) is 1.36. The van der Waals surface area contributed by atoms with E-state index in [1.807, 2.05) is 0 Å². The van der Waals surface area contributed by atoms with Gasteiger partial charge in [0, 0.05) is 0 Å². The molecule has 0 unspecified atom stereocenters. The van der Waals surface area contributed by atoms with Gasteiger partial charge in [-0.25, -0.2) is 0 Å². The van der Waals surface area contributed by atoms with E-state index in [2.05, 4.69) is 44.5 Å². The third kappa shape index (κ3) is 6.61. The first-order valence-corrected chi connectivity index (χ1v) is 13.1. The fraction of sp³-hybridized carbons (Fsp3) is 0.667. The topological polar surface area (TPSA) is 12.0 Å². The van der Waals surface area contributed by atoms with Crippen LogP contribution in [0, 0.1) is 0 Å². The molecule has 0 amide bonds. The van der Waals surface area contributed by atoms with Gasteiger partial charge in [0.05, 0.1) is 0 Å². The molecule has 0 saturated heterocycles. The van der Waals surface area contributed by atoms with Crippen molar-refractivity contribution in [3.8, 4) is 0 Å². The number of hydrogen-bond acceptors (Lipinski definition) is 1. The summed E-state index contributed by atoms with van der Waals surface area (Å²) in [6, 6.07) is 0. The van der Waals surface area contributed by atoms with E-state index in [4.69, 9.17) is 0 Å². The van der Waals surface area contributed by atoms with Crippen molar-refractivity contribution in [3.63, 3.8) is 0 Å². The van der Waals surface area contributed by atoms with Gasteiger partial charge in [0.25, 0.3) is 0 Å². The zero-order valence-electron chi connectivity index (χ0n) is 11.8. The molecule has 17 heavy (non-hydrogen) atoms.